The molecule has 0 spiro atoms. The third-order valence-corrected chi connectivity index (χ3v) is 3.94. The predicted octanol–water partition coefficient (Wildman–Crippen LogP) is 2.46. The molecule has 0 saturated heterocycles. The van der Waals surface area contributed by atoms with Crippen molar-refractivity contribution in [3.8, 4) is 0 Å². The van der Waals surface area contributed by atoms with Crippen molar-refractivity contribution < 1.29 is 9.53 Å². The molecule has 6 heteroatoms. The van der Waals surface area contributed by atoms with E-state index in [0.717, 1.165) is 25.0 Å². The second kappa shape index (κ2) is 5.97. The smallest absolute Gasteiger partial charge is 0.320 e. The van der Waals surface area contributed by atoms with E-state index in [1.165, 1.54) is 0 Å². The topological polar surface area (TPSA) is 76.1 Å². The molecule has 1 heterocycles. The maximum atomic E-state index is 11.9. The van der Waals surface area contributed by atoms with Crippen molar-refractivity contribution in [1.82, 2.24) is 15.5 Å². The van der Waals surface area contributed by atoms with Crippen molar-refractivity contribution in [2.24, 2.45) is 0 Å². The summed E-state index contributed by atoms with van der Waals surface area (Å²) in [4.78, 5) is 11.9. The molecular formula is C15H24N4O2. The molecule has 1 aromatic rings. The first-order chi connectivity index (χ1) is 9.85. The van der Waals surface area contributed by atoms with Crippen LogP contribution < -0.4 is 10.6 Å². The highest BCUT2D eigenvalue weighted by Crippen LogP contribution is 2.34. The summed E-state index contributed by atoms with van der Waals surface area (Å²) in [6.45, 7) is 6.72. The standard InChI is InChI=1S/C15H24N4O2/c1-14(2,3)11-6-7-12(19-18-11)17-13(20)16-10-15(21-4)8-5-9-15/h6-7H,5,8-10H2,1-4H3,(H2,16,17,19,20). The summed E-state index contributed by atoms with van der Waals surface area (Å²) in [6, 6.07) is 3.37. The van der Waals surface area contributed by atoms with Crippen LogP contribution in [0.25, 0.3) is 0 Å². The highest BCUT2D eigenvalue weighted by molar-refractivity contribution is 5.88. The minimum Gasteiger partial charge on any atom is -0.376 e. The van der Waals surface area contributed by atoms with Crippen LogP contribution in [0.1, 0.15) is 45.7 Å². The van der Waals surface area contributed by atoms with E-state index in [1.54, 1.807) is 13.2 Å². The SMILES string of the molecule is COC1(CNC(=O)Nc2ccc(C(C)(C)C)nn2)CCC1. The fourth-order valence-corrected chi connectivity index (χ4v) is 2.22. The number of ether oxygens (including phenoxy) is 1. The summed E-state index contributed by atoms with van der Waals surface area (Å²) in [5.41, 5.74) is 0.656. The molecule has 0 aromatic carbocycles. The predicted molar refractivity (Wildman–Crippen MR) is 81.3 cm³/mol. The lowest BCUT2D eigenvalue weighted by molar-refractivity contribution is -0.0671. The van der Waals surface area contributed by atoms with Crippen LogP contribution in [0.2, 0.25) is 0 Å². The highest BCUT2D eigenvalue weighted by atomic mass is 16.5. The van der Waals surface area contributed by atoms with Crippen molar-refractivity contribution in [3.05, 3.63) is 17.8 Å². The molecule has 1 fully saturated rings. The Morgan fingerprint density at radius 2 is 2.05 bits per heavy atom. The number of hydrogen-bond acceptors (Lipinski definition) is 4. The summed E-state index contributed by atoms with van der Waals surface area (Å²) in [6.07, 6.45) is 3.13. The van der Waals surface area contributed by atoms with Gasteiger partial charge in [-0.25, -0.2) is 4.79 Å². The summed E-state index contributed by atoms with van der Waals surface area (Å²) in [5, 5.41) is 13.7. The third-order valence-electron chi connectivity index (χ3n) is 3.94. The first kappa shape index (κ1) is 15.7. The fraction of sp³-hybridized carbons (Fsp3) is 0.667. The molecule has 6 nitrogen and oxygen atoms in total. The van der Waals surface area contributed by atoms with E-state index < -0.39 is 0 Å². The van der Waals surface area contributed by atoms with Gasteiger partial charge < -0.3 is 10.1 Å². The summed E-state index contributed by atoms with van der Waals surface area (Å²) in [7, 11) is 1.69. The summed E-state index contributed by atoms with van der Waals surface area (Å²) >= 11 is 0. The molecule has 2 amide bonds. The zero-order chi connectivity index (χ0) is 15.5. The molecule has 0 unspecified atom stereocenters. The molecule has 2 N–H and O–H groups in total. The van der Waals surface area contributed by atoms with Crippen molar-refractivity contribution in [2.45, 2.75) is 51.0 Å². The van der Waals surface area contributed by atoms with E-state index in [-0.39, 0.29) is 17.0 Å². The Kier molecular flexibility index (Phi) is 4.46. The lowest BCUT2D eigenvalue weighted by Crippen LogP contribution is -2.50. The number of methoxy groups -OCH3 is 1. The Balaban J connectivity index is 1.85. The van der Waals surface area contributed by atoms with Gasteiger partial charge in [0.05, 0.1) is 11.3 Å². The van der Waals surface area contributed by atoms with Gasteiger partial charge in [-0.15, -0.1) is 5.10 Å². The maximum absolute atomic E-state index is 11.9. The van der Waals surface area contributed by atoms with E-state index in [4.69, 9.17) is 4.74 Å². The van der Waals surface area contributed by atoms with Crippen LogP contribution in [0.5, 0.6) is 0 Å². The molecule has 116 valence electrons. The monoisotopic (exact) mass is 292 g/mol. The Labute approximate surface area is 125 Å². The lowest BCUT2D eigenvalue weighted by atomic mass is 9.80. The van der Waals surface area contributed by atoms with E-state index >= 15 is 0 Å². The van der Waals surface area contributed by atoms with E-state index in [1.807, 2.05) is 6.07 Å². The number of carbonyl (C=O) groups is 1. The van der Waals surface area contributed by atoms with Crippen LogP contribution in [-0.2, 0) is 10.2 Å². The van der Waals surface area contributed by atoms with Crippen molar-refractivity contribution in [1.29, 1.82) is 0 Å². The number of rotatable bonds is 4. The zero-order valence-electron chi connectivity index (χ0n) is 13.2. The van der Waals surface area contributed by atoms with Gasteiger partial charge in [0.1, 0.15) is 0 Å². The lowest BCUT2D eigenvalue weighted by Gasteiger charge is -2.40. The van der Waals surface area contributed by atoms with Gasteiger partial charge in [-0.2, -0.15) is 5.10 Å². The Morgan fingerprint density at radius 3 is 2.48 bits per heavy atom. The first-order valence-corrected chi connectivity index (χ1v) is 7.29. The molecule has 0 atom stereocenters. The van der Waals surface area contributed by atoms with Gasteiger partial charge in [-0.05, 0) is 31.4 Å². The van der Waals surface area contributed by atoms with Crippen LogP contribution >= 0.6 is 0 Å². The number of urea groups is 1. The average molecular weight is 292 g/mol. The van der Waals surface area contributed by atoms with Gasteiger partial charge in [0, 0.05) is 19.1 Å². The van der Waals surface area contributed by atoms with Gasteiger partial charge in [0.25, 0.3) is 0 Å². The Bertz CT molecular complexity index is 484. The molecule has 1 aromatic heterocycles. The Morgan fingerprint density at radius 1 is 1.33 bits per heavy atom. The number of carbonyl (C=O) groups excluding carboxylic acids is 1. The summed E-state index contributed by atoms with van der Waals surface area (Å²) in [5.74, 6) is 0.445. The van der Waals surface area contributed by atoms with E-state index in [2.05, 4.69) is 41.6 Å². The Hall–Kier alpha value is -1.69. The molecule has 0 aliphatic heterocycles. The molecule has 21 heavy (non-hydrogen) atoms. The van der Waals surface area contributed by atoms with Gasteiger partial charge in [-0.1, -0.05) is 20.8 Å². The quantitative estimate of drug-likeness (QED) is 0.894. The number of anilines is 1. The van der Waals surface area contributed by atoms with Crippen molar-refractivity contribution in [2.75, 3.05) is 19.0 Å². The zero-order valence-corrected chi connectivity index (χ0v) is 13.2. The first-order valence-electron chi connectivity index (χ1n) is 7.29. The average Bonchev–Trinajstić information content (AvgIpc) is 2.37. The fourth-order valence-electron chi connectivity index (χ4n) is 2.22. The van der Waals surface area contributed by atoms with Crippen molar-refractivity contribution in [3.63, 3.8) is 0 Å². The number of nitrogens with zero attached hydrogens (tertiary/aromatic N) is 2. The van der Waals surface area contributed by atoms with Gasteiger partial charge in [0.2, 0.25) is 0 Å². The van der Waals surface area contributed by atoms with E-state index in [9.17, 15) is 4.79 Å². The summed E-state index contributed by atoms with van der Waals surface area (Å²) < 4.78 is 5.46. The molecule has 0 bridgehead atoms. The normalized spacial score (nSPS) is 17.0. The molecule has 2 rings (SSSR count). The minimum atomic E-state index is -0.281. The molecule has 0 radical (unpaired) electrons. The minimum absolute atomic E-state index is 0.0527. The third kappa shape index (κ3) is 3.91. The van der Waals surface area contributed by atoms with E-state index in [0.29, 0.717) is 12.4 Å². The van der Waals surface area contributed by atoms with Crippen LogP contribution in [0.4, 0.5) is 10.6 Å². The number of amides is 2. The highest BCUT2D eigenvalue weighted by Gasteiger charge is 2.37. The van der Waals surface area contributed by atoms with Crippen LogP contribution in [-0.4, -0.2) is 35.5 Å². The van der Waals surface area contributed by atoms with Gasteiger partial charge in [0.15, 0.2) is 5.82 Å². The second-order valence-electron chi connectivity index (χ2n) is 6.60. The van der Waals surface area contributed by atoms with Gasteiger partial charge in [-0.3, -0.25) is 5.32 Å². The number of nitrogens with one attached hydrogen (secondary N) is 2. The maximum Gasteiger partial charge on any atom is 0.320 e. The van der Waals surface area contributed by atoms with Gasteiger partial charge >= 0.3 is 6.03 Å². The molecular weight excluding hydrogens is 268 g/mol. The van der Waals surface area contributed by atoms with Crippen LogP contribution in [0.15, 0.2) is 12.1 Å². The van der Waals surface area contributed by atoms with Crippen LogP contribution in [0, 0.1) is 0 Å². The largest absolute Gasteiger partial charge is 0.376 e. The molecule has 1 saturated carbocycles. The molecule has 1 aliphatic carbocycles. The number of aromatic nitrogens is 2. The molecule has 1 aliphatic rings. The second-order valence-corrected chi connectivity index (χ2v) is 6.60. The number of hydrogen-bond donors (Lipinski definition) is 2. The van der Waals surface area contributed by atoms with Crippen LogP contribution in [0.3, 0.4) is 0 Å². The van der Waals surface area contributed by atoms with Crippen molar-refractivity contribution >= 4 is 11.8 Å².